The number of hydrogen-bond acceptors (Lipinski definition) is 2. The summed E-state index contributed by atoms with van der Waals surface area (Å²) >= 11 is 0. The van der Waals surface area contributed by atoms with Gasteiger partial charge >= 0.3 is 61.7 Å². The van der Waals surface area contributed by atoms with E-state index in [1.807, 2.05) is 0 Å². The predicted molar refractivity (Wildman–Crippen MR) is 69.7 cm³/mol. The molecule has 0 aromatic heterocycles. The fourth-order valence-electron chi connectivity index (χ4n) is 1.03. The van der Waals surface area contributed by atoms with Gasteiger partial charge in [0.15, 0.2) is 0 Å². The molecule has 0 amide bonds. The maximum absolute atomic E-state index is 10.7. The van der Waals surface area contributed by atoms with Crippen LogP contribution < -0.4 is 0 Å². The van der Waals surface area contributed by atoms with E-state index in [9.17, 15) is 34.8 Å². The van der Waals surface area contributed by atoms with Gasteiger partial charge in [-0.3, -0.25) is 9.59 Å². The normalized spacial score (nSPS) is 21.1. The van der Waals surface area contributed by atoms with E-state index in [2.05, 4.69) is 0 Å². The van der Waals surface area contributed by atoms with Gasteiger partial charge in [0.2, 0.25) is 0 Å². The summed E-state index contributed by atoms with van der Waals surface area (Å²) in [7, 11) is -10.7. The van der Waals surface area contributed by atoms with E-state index >= 15 is 0 Å². The molecule has 0 aromatic rings. The Morgan fingerprint density at radius 2 is 0.833 bits per heavy atom. The van der Waals surface area contributed by atoms with Crippen LogP contribution in [0.5, 0.6) is 0 Å². The third-order valence-electron chi connectivity index (χ3n) is 1.82. The summed E-state index contributed by atoms with van der Waals surface area (Å²) in [6, 6.07) is 0. The molecule has 0 unspecified atom stereocenters. The first-order valence-corrected chi connectivity index (χ1v) is 7.55. The van der Waals surface area contributed by atoms with Crippen molar-refractivity contribution in [3.05, 3.63) is 63.2 Å². The van der Waals surface area contributed by atoms with Crippen molar-refractivity contribution < 1.29 is 61.8 Å². The second kappa shape index (κ2) is 8.71. The largest absolute Gasteiger partial charge is 2.00 e. The second-order valence-electron chi connectivity index (χ2n) is 3.92. The number of aliphatic carboxylic acids is 2. The monoisotopic (exact) mass is 422 g/mol. The quantitative estimate of drug-likeness (QED) is 0.513. The van der Waals surface area contributed by atoms with Gasteiger partial charge in [-0.1, -0.05) is 0 Å². The standard InChI is InChI=1S/2C6H5O2.Co.F6P/c2*7-6(8)5-3-1-2-4-5;;1-7(2,3,4,5)6/h2*1-4H,(H,7,8);;/q;;+2;-1. The zero-order valence-electron chi connectivity index (χ0n) is 11.4. The minimum Gasteiger partial charge on any atom is -0.481 e. The maximum Gasteiger partial charge on any atom is 2.00 e. The van der Waals surface area contributed by atoms with Gasteiger partial charge in [0.1, 0.15) is 0 Å². The fraction of sp³-hybridized carbons (Fsp3) is 0. The Morgan fingerprint density at radius 3 is 0.917 bits per heavy atom. The molecule has 0 spiro atoms. The molecule has 0 atom stereocenters. The number of carboxylic acids is 2. The Morgan fingerprint density at radius 1 is 0.667 bits per heavy atom. The summed E-state index contributed by atoms with van der Waals surface area (Å²) in [5.41, 5.74) is 0. The van der Waals surface area contributed by atoms with Crippen LogP contribution in [0.2, 0.25) is 0 Å². The van der Waals surface area contributed by atoms with Gasteiger partial charge in [-0.15, -0.1) is 0 Å². The van der Waals surface area contributed by atoms with Gasteiger partial charge in [0, 0.05) is 0 Å². The van der Waals surface area contributed by atoms with E-state index < -0.39 is 19.7 Å². The van der Waals surface area contributed by atoms with E-state index in [0.29, 0.717) is 11.8 Å². The Labute approximate surface area is 145 Å². The number of halogens is 6. The molecule has 24 heavy (non-hydrogen) atoms. The molecule has 11 radical (unpaired) electrons. The molecule has 137 valence electrons. The van der Waals surface area contributed by atoms with Crippen LogP contribution in [-0.4, -0.2) is 22.2 Å². The van der Waals surface area contributed by atoms with Crippen LogP contribution in [-0.2, 0) is 26.4 Å². The molecule has 0 saturated heterocycles. The van der Waals surface area contributed by atoms with Crippen LogP contribution in [0.25, 0.3) is 0 Å². The number of rotatable bonds is 2. The molecule has 0 aromatic carbocycles. The van der Waals surface area contributed by atoms with E-state index in [1.165, 1.54) is 0 Å². The molecule has 2 aliphatic rings. The molecule has 2 rings (SSSR count). The topological polar surface area (TPSA) is 74.6 Å². The minimum absolute atomic E-state index is 0. The molecular weight excluding hydrogens is 412 g/mol. The van der Waals surface area contributed by atoms with Crippen molar-refractivity contribution in [1.82, 2.24) is 0 Å². The van der Waals surface area contributed by atoms with Crippen molar-refractivity contribution in [3.8, 4) is 0 Å². The van der Waals surface area contributed by atoms with Gasteiger partial charge in [-0.25, -0.2) is 0 Å². The summed E-state index contributed by atoms with van der Waals surface area (Å²) in [5.74, 6) is -1.03. The summed E-state index contributed by atoms with van der Waals surface area (Å²) in [5, 5.41) is 16.5. The van der Waals surface area contributed by atoms with Crippen molar-refractivity contribution >= 4 is 19.7 Å². The number of hydrogen-bond donors (Lipinski definition) is 2. The SMILES string of the molecule is F[P-](F)(F)(F)(F)F.O=C(O)[C]1[CH][CH][CH][CH]1.O=C(O)[C]1[CH][CH][CH][CH]1.[Co+2]. The molecule has 0 aliphatic heterocycles. The van der Waals surface area contributed by atoms with Crippen molar-refractivity contribution in [2.45, 2.75) is 0 Å². The fourth-order valence-corrected chi connectivity index (χ4v) is 1.03. The third kappa shape index (κ3) is 19.5. The average Bonchev–Trinajstić information content (AvgIpc) is 3.00. The predicted octanol–water partition coefficient (Wildman–Crippen LogP) is 4.33. The smallest absolute Gasteiger partial charge is 0.481 e. The van der Waals surface area contributed by atoms with Gasteiger partial charge in [-0.05, 0) is 51.4 Å². The van der Waals surface area contributed by atoms with Crippen molar-refractivity contribution in [2.24, 2.45) is 0 Å². The molecule has 0 heterocycles. The van der Waals surface area contributed by atoms with Crippen LogP contribution in [0.1, 0.15) is 0 Å². The maximum atomic E-state index is 10.1. The average molecular weight is 422 g/mol. The van der Waals surface area contributed by atoms with Crippen LogP contribution in [0.4, 0.5) is 25.2 Å². The molecule has 4 nitrogen and oxygen atoms in total. The van der Waals surface area contributed by atoms with Crippen molar-refractivity contribution in [3.63, 3.8) is 0 Å². The first-order valence-electron chi connectivity index (χ1n) is 5.52. The molecule has 2 aliphatic carbocycles. The van der Waals surface area contributed by atoms with Crippen LogP contribution in [0.3, 0.4) is 0 Å². The molecule has 12 heteroatoms. The Bertz CT molecular complexity index is 378. The van der Waals surface area contributed by atoms with Crippen LogP contribution in [0, 0.1) is 63.2 Å². The minimum atomic E-state index is -10.7. The van der Waals surface area contributed by atoms with E-state index in [-0.39, 0.29) is 16.8 Å². The first-order chi connectivity index (χ1) is 10.1. The van der Waals surface area contributed by atoms with E-state index in [4.69, 9.17) is 10.2 Å². The summed E-state index contributed by atoms with van der Waals surface area (Å²) < 4.78 is 59.2. The third-order valence-corrected chi connectivity index (χ3v) is 1.82. The molecular formula is C12H10CoF6O4P+. The Hall–Kier alpha value is -0.544. The summed E-state index contributed by atoms with van der Waals surface area (Å²) in [4.78, 5) is 20.1. The van der Waals surface area contributed by atoms with Gasteiger partial charge in [0.25, 0.3) is 0 Å². The summed E-state index contributed by atoms with van der Waals surface area (Å²) in [6.07, 6.45) is 13.0. The van der Waals surface area contributed by atoms with Gasteiger partial charge in [-0.2, -0.15) is 0 Å². The summed E-state index contributed by atoms with van der Waals surface area (Å²) in [6.45, 7) is 0. The number of carbonyl (C=O) groups is 2. The number of carboxylic acid groups (broad SMARTS) is 2. The van der Waals surface area contributed by atoms with Gasteiger partial charge in [0.05, 0.1) is 11.8 Å². The Kier molecular flexibility index (Phi) is 9.32. The Balaban J connectivity index is 0. The van der Waals surface area contributed by atoms with E-state index in [0.717, 1.165) is 0 Å². The zero-order chi connectivity index (χ0) is 18.4. The molecule has 0 bridgehead atoms. The first kappa shape index (κ1) is 25.7. The molecule has 2 fully saturated rings. The van der Waals surface area contributed by atoms with Crippen LogP contribution in [0.15, 0.2) is 0 Å². The van der Waals surface area contributed by atoms with E-state index in [1.54, 1.807) is 51.4 Å². The van der Waals surface area contributed by atoms with Crippen LogP contribution >= 0.6 is 7.81 Å². The van der Waals surface area contributed by atoms with Crippen molar-refractivity contribution in [1.29, 1.82) is 0 Å². The van der Waals surface area contributed by atoms with Gasteiger partial charge < -0.3 is 10.2 Å². The zero-order valence-corrected chi connectivity index (χ0v) is 13.3. The van der Waals surface area contributed by atoms with Crippen molar-refractivity contribution in [2.75, 3.05) is 0 Å². The molecule has 2 N–H and O–H groups in total. The second-order valence-corrected chi connectivity index (χ2v) is 5.83. The molecule has 2 saturated carbocycles.